The minimum absolute atomic E-state index is 0.00773. The van der Waals surface area contributed by atoms with Gasteiger partial charge in [0.25, 0.3) is 0 Å². The maximum Gasteiger partial charge on any atom is 0.167 e. The number of halogens is 3. The molecule has 0 bridgehead atoms. The summed E-state index contributed by atoms with van der Waals surface area (Å²) in [4.78, 5) is 12.3. The number of ether oxygens (including phenoxy) is 1. The molecule has 2 nitrogen and oxygen atoms in total. The fourth-order valence-corrected chi connectivity index (χ4v) is 2.57. The molecule has 0 amide bonds. The van der Waals surface area contributed by atoms with Crippen molar-refractivity contribution in [3.63, 3.8) is 0 Å². The molecule has 0 fully saturated rings. The molecule has 0 saturated carbocycles. The summed E-state index contributed by atoms with van der Waals surface area (Å²) in [5.74, 6) is 0.734. The van der Waals surface area contributed by atoms with E-state index in [1.165, 1.54) is 0 Å². The summed E-state index contributed by atoms with van der Waals surface area (Å²) in [5.41, 5.74) is 1.47. The Morgan fingerprint density at radius 3 is 2.50 bits per heavy atom. The number of hydrogen-bond acceptors (Lipinski definition) is 2. The average molecular weight is 419 g/mol. The van der Waals surface area contributed by atoms with Gasteiger partial charge in [0.1, 0.15) is 5.75 Å². The van der Waals surface area contributed by atoms with Crippen LogP contribution in [0.3, 0.4) is 0 Å². The number of benzene rings is 2. The predicted molar refractivity (Wildman–Crippen MR) is 87.9 cm³/mol. The van der Waals surface area contributed by atoms with Crippen molar-refractivity contribution in [2.24, 2.45) is 0 Å². The van der Waals surface area contributed by atoms with Crippen LogP contribution in [0.2, 0.25) is 5.02 Å². The van der Waals surface area contributed by atoms with Crippen molar-refractivity contribution >= 4 is 49.2 Å². The van der Waals surface area contributed by atoms with Crippen LogP contribution in [0, 0.1) is 0 Å². The maximum absolute atomic E-state index is 12.3. The monoisotopic (exact) mass is 416 g/mol. The number of Topliss-reactive ketones (excluding diaryl/α,β-unsaturated/α-hetero) is 1. The number of methoxy groups -OCH3 is 1. The lowest BCUT2D eigenvalue weighted by Gasteiger charge is -2.07. The van der Waals surface area contributed by atoms with Crippen LogP contribution in [-0.2, 0) is 6.42 Å². The maximum atomic E-state index is 12.3. The van der Waals surface area contributed by atoms with E-state index < -0.39 is 0 Å². The smallest absolute Gasteiger partial charge is 0.167 e. The third-order valence-electron chi connectivity index (χ3n) is 2.85. The molecule has 0 aliphatic rings. The van der Waals surface area contributed by atoms with Gasteiger partial charge in [0.05, 0.1) is 12.1 Å². The quantitative estimate of drug-likeness (QED) is 0.630. The van der Waals surface area contributed by atoms with E-state index in [0.29, 0.717) is 10.6 Å². The number of hydrogen-bond donors (Lipinski definition) is 0. The van der Waals surface area contributed by atoms with E-state index in [1.807, 2.05) is 18.2 Å². The third-order valence-corrected chi connectivity index (χ3v) is 4.85. The average Bonchev–Trinajstić information content (AvgIpc) is 2.44. The lowest BCUT2D eigenvalue weighted by Crippen LogP contribution is -2.04. The standard InChI is InChI=1S/C15H11Br2ClO2/c1-20-11-3-5-12(16)10(6-11)8-15(19)9-2-4-13(17)14(18)7-9/h2-7H,8H2,1H3. The van der Waals surface area contributed by atoms with Gasteiger partial charge >= 0.3 is 0 Å². The normalized spacial score (nSPS) is 10.4. The van der Waals surface area contributed by atoms with E-state index in [-0.39, 0.29) is 12.2 Å². The van der Waals surface area contributed by atoms with Crippen molar-refractivity contribution in [1.82, 2.24) is 0 Å². The highest BCUT2D eigenvalue weighted by Crippen LogP contribution is 2.26. The van der Waals surface area contributed by atoms with Crippen molar-refractivity contribution in [3.8, 4) is 5.75 Å². The van der Waals surface area contributed by atoms with Gasteiger partial charge in [-0.3, -0.25) is 4.79 Å². The SMILES string of the molecule is COc1ccc(Br)c(CC(=O)c2ccc(Br)c(Cl)c2)c1. The van der Waals surface area contributed by atoms with Crippen LogP contribution in [0.4, 0.5) is 0 Å². The molecule has 104 valence electrons. The molecule has 0 saturated heterocycles. The number of rotatable bonds is 4. The van der Waals surface area contributed by atoms with E-state index in [4.69, 9.17) is 16.3 Å². The second-order valence-electron chi connectivity index (χ2n) is 4.19. The third kappa shape index (κ3) is 3.62. The minimum Gasteiger partial charge on any atom is -0.497 e. The van der Waals surface area contributed by atoms with Crippen LogP contribution in [0.25, 0.3) is 0 Å². The van der Waals surface area contributed by atoms with Crippen LogP contribution in [0.15, 0.2) is 45.3 Å². The lowest BCUT2D eigenvalue weighted by atomic mass is 10.0. The molecule has 0 radical (unpaired) electrons. The Morgan fingerprint density at radius 1 is 1.15 bits per heavy atom. The highest BCUT2D eigenvalue weighted by atomic mass is 79.9. The second kappa shape index (κ2) is 6.74. The molecule has 0 unspecified atom stereocenters. The number of ketones is 1. The van der Waals surface area contributed by atoms with Gasteiger partial charge in [-0.2, -0.15) is 0 Å². The van der Waals surface area contributed by atoms with Gasteiger partial charge in [-0.05, 0) is 51.8 Å². The molecular weight excluding hydrogens is 407 g/mol. The lowest BCUT2D eigenvalue weighted by molar-refractivity contribution is 0.0993. The fourth-order valence-electron chi connectivity index (χ4n) is 1.76. The molecule has 0 aliphatic heterocycles. The zero-order valence-corrected chi connectivity index (χ0v) is 14.5. The van der Waals surface area contributed by atoms with Crippen molar-refractivity contribution in [2.45, 2.75) is 6.42 Å². The molecule has 0 heterocycles. The van der Waals surface area contributed by atoms with Crippen molar-refractivity contribution < 1.29 is 9.53 Å². The Morgan fingerprint density at radius 2 is 1.85 bits per heavy atom. The highest BCUT2D eigenvalue weighted by Gasteiger charge is 2.12. The van der Waals surface area contributed by atoms with Crippen LogP contribution >= 0.6 is 43.5 Å². The Kier molecular flexibility index (Phi) is 5.24. The predicted octanol–water partition coefficient (Wildman–Crippen LogP) is 5.30. The molecule has 0 spiro atoms. The van der Waals surface area contributed by atoms with Gasteiger partial charge in [0.15, 0.2) is 5.78 Å². The van der Waals surface area contributed by atoms with Crippen molar-refractivity contribution in [1.29, 1.82) is 0 Å². The van der Waals surface area contributed by atoms with Gasteiger partial charge < -0.3 is 4.74 Å². The first-order valence-corrected chi connectivity index (χ1v) is 7.78. The number of carbonyl (C=O) groups excluding carboxylic acids is 1. The van der Waals surface area contributed by atoms with Gasteiger partial charge in [0.2, 0.25) is 0 Å². The van der Waals surface area contributed by atoms with Crippen LogP contribution in [0.1, 0.15) is 15.9 Å². The van der Waals surface area contributed by atoms with Crippen molar-refractivity contribution in [3.05, 3.63) is 61.5 Å². The highest BCUT2D eigenvalue weighted by molar-refractivity contribution is 9.10. The summed E-state index contributed by atoms with van der Waals surface area (Å²) < 4.78 is 6.83. The summed E-state index contributed by atoms with van der Waals surface area (Å²) in [5, 5.41) is 0.528. The van der Waals surface area contributed by atoms with Gasteiger partial charge in [-0.1, -0.05) is 33.6 Å². The molecular formula is C15H11Br2ClO2. The molecule has 5 heteroatoms. The summed E-state index contributed by atoms with van der Waals surface area (Å²) in [6, 6.07) is 10.8. The molecule has 0 N–H and O–H groups in total. The summed E-state index contributed by atoms with van der Waals surface area (Å²) in [6.45, 7) is 0. The van der Waals surface area contributed by atoms with E-state index in [2.05, 4.69) is 31.9 Å². The Labute approximate surface area is 139 Å². The largest absolute Gasteiger partial charge is 0.497 e. The first-order valence-electron chi connectivity index (χ1n) is 5.82. The van der Waals surface area contributed by atoms with Crippen LogP contribution < -0.4 is 4.74 Å². The molecule has 2 rings (SSSR count). The molecule has 20 heavy (non-hydrogen) atoms. The first kappa shape index (κ1) is 15.5. The summed E-state index contributed by atoms with van der Waals surface area (Å²) >= 11 is 12.8. The van der Waals surface area contributed by atoms with E-state index in [1.54, 1.807) is 25.3 Å². The van der Waals surface area contributed by atoms with E-state index >= 15 is 0 Å². The Bertz CT molecular complexity index is 656. The van der Waals surface area contributed by atoms with Gasteiger partial charge in [0, 0.05) is 20.9 Å². The minimum atomic E-state index is 0.00773. The molecule has 0 aromatic heterocycles. The molecule has 0 aliphatic carbocycles. The number of carbonyl (C=O) groups is 1. The van der Waals surface area contributed by atoms with Crippen LogP contribution in [-0.4, -0.2) is 12.9 Å². The zero-order valence-electron chi connectivity index (χ0n) is 10.6. The summed E-state index contributed by atoms with van der Waals surface area (Å²) in [7, 11) is 1.60. The Hall–Kier alpha value is -0.840. The molecule has 2 aromatic rings. The summed E-state index contributed by atoms with van der Waals surface area (Å²) in [6.07, 6.45) is 0.287. The molecule has 2 aromatic carbocycles. The van der Waals surface area contributed by atoms with Gasteiger partial charge in [-0.15, -0.1) is 0 Å². The topological polar surface area (TPSA) is 26.3 Å². The second-order valence-corrected chi connectivity index (χ2v) is 6.30. The Balaban J connectivity index is 2.25. The van der Waals surface area contributed by atoms with Crippen LogP contribution in [0.5, 0.6) is 5.75 Å². The van der Waals surface area contributed by atoms with E-state index in [0.717, 1.165) is 20.3 Å². The van der Waals surface area contributed by atoms with Gasteiger partial charge in [-0.25, -0.2) is 0 Å². The van der Waals surface area contributed by atoms with E-state index in [9.17, 15) is 4.79 Å². The first-order chi connectivity index (χ1) is 9.51. The van der Waals surface area contributed by atoms with Crippen molar-refractivity contribution in [2.75, 3.05) is 7.11 Å². The fraction of sp³-hybridized carbons (Fsp3) is 0.133. The zero-order chi connectivity index (χ0) is 14.7. The molecule has 0 atom stereocenters.